The number of aryl methyl sites for hydroxylation is 1. The molecular formula is C15H13ClN2O. The van der Waals surface area contributed by atoms with Gasteiger partial charge in [-0.3, -0.25) is 0 Å². The van der Waals surface area contributed by atoms with Gasteiger partial charge in [-0.2, -0.15) is 5.26 Å². The zero-order valence-corrected chi connectivity index (χ0v) is 11.5. The van der Waals surface area contributed by atoms with E-state index in [2.05, 4.69) is 11.4 Å². The fourth-order valence-electron chi connectivity index (χ4n) is 1.84. The van der Waals surface area contributed by atoms with Crippen molar-refractivity contribution in [3.05, 3.63) is 52.5 Å². The standard InChI is InChI=1S/C15H13ClN2O/c1-10-4-3-5-11(9-17)15(10)18-13-8-12(16)6-7-14(13)19-2/h3-8,18H,1-2H3. The van der Waals surface area contributed by atoms with Crippen LogP contribution in [0.4, 0.5) is 11.4 Å². The van der Waals surface area contributed by atoms with Gasteiger partial charge in [0.15, 0.2) is 0 Å². The Balaban J connectivity index is 2.47. The van der Waals surface area contributed by atoms with Crippen LogP contribution in [-0.4, -0.2) is 7.11 Å². The summed E-state index contributed by atoms with van der Waals surface area (Å²) < 4.78 is 5.28. The largest absolute Gasteiger partial charge is 0.495 e. The van der Waals surface area contributed by atoms with Crippen molar-refractivity contribution >= 4 is 23.0 Å². The number of rotatable bonds is 3. The number of nitrogens with zero attached hydrogens (tertiary/aromatic N) is 1. The van der Waals surface area contributed by atoms with Crippen LogP contribution in [0.1, 0.15) is 11.1 Å². The van der Waals surface area contributed by atoms with E-state index in [0.717, 1.165) is 16.9 Å². The first-order valence-corrected chi connectivity index (χ1v) is 6.13. The van der Waals surface area contributed by atoms with Crippen LogP contribution in [-0.2, 0) is 0 Å². The molecular weight excluding hydrogens is 260 g/mol. The molecule has 2 aromatic rings. The predicted molar refractivity (Wildman–Crippen MR) is 77.2 cm³/mol. The number of halogens is 1. The molecule has 2 aromatic carbocycles. The van der Waals surface area contributed by atoms with Gasteiger partial charge >= 0.3 is 0 Å². The molecule has 0 saturated heterocycles. The second-order valence-corrected chi connectivity index (χ2v) is 4.52. The third kappa shape index (κ3) is 2.81. The topological polar surface area (TPSA) is 45.0 Å². The highest BCUT2D eigenvalue weighted by Crippen LogP contribution is 2.32. The number of ether oxygens (including phenoxy) is 1. The van der Waals surface area contributed by atoms with Gasteiger partial charge in [-0.25, -0.2) is 0 Å². The Bertz CT molecular complexity index is 647. The molecule has 0 fully saturated rings. The fraction of sp³-hybridized carbons (Fsp3) is 0.133. The molecule has 0 bridgehead atoms. The highest BCUT2D eigenvalue weighted by atomic mass is 35.5. The molecule has 2 rings (SSSR count). The maximum absolute atomic E-state index is 9.15. The summed E-state index contributed by atoms with van der Waals surface area (Å²) in [5, 5.41) is 13.0. The van der Waals surface area contributed by atoms with Gasteiger partial charge in [0.1, 0.15) is 11.8 Å². The van der Waals surface area contributed by atoms with Crippen molar-refractivity contribution in [3.63, 3.8) is 0 Å². The number of para-hydroxylation sites is 1. The molecule has 19 heavy (non-hydrogen) atoms. The van der Waals surface area contributed by atoms with E-state index in [4.69, 9.17) is 21.6 Å². The summed E-state index contributed by atoms with van der Waals surface area (Å²) in [7, 11) is 1.59. The molecule has 0 aromatic heterocycles. The third-order valence-electron chi connectivity index (χ3n) is 2.81. The number of nitrogens with one attached hydrogen (secondary N) is 1. The van der Waals surface area contributed by atoms with Crippen LogP contribution in [0.25, 0.3) is 0 Å². The van der Waals surface area contributed by atoms with Gasteiger partial charge in [0.05, 0.1) is 24.0 Å². The number of hydrogen-bond donors (Lipinski definition) is 1. The molecule has 4 heteroatoms. The lowest BCUT2D eigenvalue weighted by Gasteiger charge is -2.14. The smallest absolute Gasteiger partial charge is 0.142 e. The molecule has 0 amide bonds. The molecule has 3 nitrogen and oxygen atoms in total. The van der Waals surface area contributed by atoms with Crippen LogP contribution >= 0.6 is 11.6 Å². The SMILES string of the molecule is COc1ccc(Cl)cc1Nc1c(C)cccc1C#N. The second-order valence-electron chi connectivity index (χ2n) is 4.08. The molecule has 0 radical (unpaired) electrons. The molecule has 0 aliphatic rings. The number of benzene rings is 2. The highest BCUT2D eigenvalue weighted by Gasteiger charge is 2.09. The van der Waals surface area contributed by atoms with Gasteiger partial charge in [-0.1, -0.05) is 23.7 Å². The third-order valence-corrected chi connectivity index (χ3v) is 3.05. The first kappa shape index (κ1) is 13.3. The lowest BCUT2D eigenvalue weighted by molar-refractivity contribution is 0.417. The fourth-order valence-corrected chi connectivity index (χ4v) is 2.01. The molecule has 96 valence electrons. The molecule has 0 heterocycles. The average Bonchev–Trinajstić information content (AvgIpc) is 2.41. The highest BCUT2D eigenvalue weighted by molar-refractivity contribution is 6.31. The van der Waals surface area contributed by atoms with Crippen molar-refractivity contribution in [2.45, 2.75) is 6.92 Å². The molecule has 0 atom stereocenters. The maximum atomic E-state index is 9.15. The summed E-state index contributed by atoms with van der Waals surface area (Å²) in [6.07, 6.45) is 0. The van der Waals surface area contributed by atoms with Crippen LogP contribution < -0.4 is 10.1 Å². The summed E-state index contributed by atoms with van der Waals surface area (Å²) in [5.41, 5.74) is 3.08. The minimum absolute atomic E-state index is 0.585. The quantitative estimate of drug-likeness (QED) is 0.907. The van der Waals surface area contributed by atoms with Crippen molar-refractivity contribution in [3.8, 4) is 11.8 Å². The van der Waals surface area contributed by atoms with Gasteiger partial charge < -0.3 is 10.1 Å². The van der Waals surface area contributed by atoms with Crippen molar-refractivity contribution in [2.75, 3.05) is 12.4 Å². The van der Waals surface area contributed by atoms with Crippen molar-refractivity contribution < 1.29 is 4.74 Å². The molecule has 0 aliphatic heterocycles. The summed E-state index contributed by atoms with van der Waals surface area (Å²) in [5.74, 6) is 0.677. The van der Waals surface area contributed by atoms with E-state index in [0.29, 0.717) is 16.3 Å². The summed E-state index contributed by atoms with van der Waals surface area (Å²) in [4.78, 5) is 0. The maximum Gasteiger partial charge on any atom is 0.142 e. The lowest BCUT2D eigenvalue weighted by Crippen LogP contribution is -1.98. The number of nitriles is 1. The van der Waals surface area contributed by atoms with E-state index >= 15 is 0 Å². The molecule has 0 spiro atoms. The monoisotopic (exact) mass is 272 g/mol. The van der Waals surface area contributed by atoms with Crippen LogP contribution in [0.5, 0.6) is 5.75 Å². The minimum atomic E-state index is 0.585. The summed E-state index contributed by atoms with van der Waals surface area (Å²) in [6.45, 7) is 1.94. The van der Waals surface area contributed by atoms with E-state index in [1.165, 1.54) is 0 Å². The van der Waals surface area contributed by atoms with Gasteiger partial charge in [-0.15, -0.1) is 0 Å². The Morgan fingerprint density at radius 2 is 2.05 bits per heavy atom. The minimum Gasteiger partial charge on any atom is -0.495 e. The summed E-state index contributed by atoms with van der Waals surface area (Å²) >= 11 is 5.99. The van der Waals surface area contributed by atoms with Gasteiger partial charge in [0, 0.05) is 5.02 Å². The van der Waals surface area contributed by atoms with E-state index in [-0.39, 0.29) is 0 Å². The number of hydrogen-bond acceptors (Lipinski definition) is 3. The first-order valence-electron chi connectivity index (χ1n) is 5.76. The molecule has 1 N–H and O–H groups in total. The zero-order valence-electron chi connectivity index (χ0n) is 10.7. The molecule has 0 unspecified atom stereocenters. The van der Waals surface area contributed by atoms with Crippen molar-refractivity contribution in [1.82, 2.24) is 0 Å². The van der Waals surface area contributed by atoms with Crippen LogP contribution in [0, 0.1) is 18.3 Å². The van der Waals surface area contributed by atoms with Crippen LogP contribution in [0.2, 0.25) is 5.02 Å². The van der Waals surface area contributed by atoms with Crippen molar-refractivity contribution in [2.24, 2.45) is 0 Å². The normalized spacial score (nSPS) is 9.79. The Labute approximate surface area is 117 Å². The Hall–Kier alpha value is -2.18. The van der Waals surface area contributed by atoms with Gasteiger partial charge in [-0.05, 0) is 36.8 Å². The summed E-state index contributed by atoms with van der Waals surface area (Å²) in [6, 6.07) is 13.1. The lowest BCUT2D eigenvalue weighted by atomic mass is 10.1. The average molecular weight is 273 g/mol. The van der Waals surface area contributed by atoms with Gasteiger partial charge in [0.25, 0.3) is 0 Å². The number of anilines is 2. The molecule has 0 aliphatic carbocycles. The first-order chi connectivity index (χ1) is 9.15. The van der Waals surface area contributed by atoms with Crippen molar-refractivity contribution in [1.29, 1.82) is 5.26 Å². The Morgan fingerprint density at radius 1 is 1.26 bits per heavy atom. The van der Waals surface area contributed by atoms with E-state index in [1.807, 2.05) is 19.1 Å². The van der Waals surface area contributed by atoms with E-state index < -0.39 is 0 Å². The molecule has 0 saturated carbocycles. The Kier molecular flexibility index (Phi) is 3.94. The predicted octanol–water partition coefficient (Wildman–Crippen LogP) is 4.27. The van der Waals surface area contributed by atoms with Crippen LogP contribution in [0.15, 0.2) is 36.4 Å². The van der Waals surface area contributed by atoms with Gasteiger partial charge in [0.2, 0.25) is 0 Å². The Morgan fingerprint density at radius 3 is 2.74 bits per heavy atom. The number of methoxy groups -OCH3 is 1. The van der Waals surface area contributed by atoms with E-state index in [9.17, 15) is 0 Å². The second kappa shape index (κ2) is 5.64. The van der Waals surface area contributed by atoms with Crippen LogP contribution in [0.3, 0.4) is 0 Å². The zero-order chi connectivity index (χ0) is 13.8. The van der Waals surface area contributed by atoms with E-state index in [1.54, 1.807) is 31.4 Å².